The van der Waals surface area contributed by atoms with Crippen molar-refractivity contribution in [3.63, 3.8) is 0 Å². The number of nitro benzene ring substituents is 1. The fourth-order valence-corrected chi connectivity index (χ4v) is 2.29. The van der Waals surface area contributed by atoms with Gasteiger partial charge in [-0.05, 0) is 25.8 Å². The maximum atomic E-state index is 13.4. The summed E-state index contributed by atoms with van der Waals surface area (Å²) in [7, 11) is 0. The van der Waals surface area contributed by atoms with Crippen LogP contribution in [-0.4, -0.2) is 39.5 Å². The molecular weight excluding hydrogens is 281 g/mol. The number of carbonyl (C=O) groups is 1. The second-order valence-electron chi connectivity index (χ2n) is 5.43. The van der Waals surface area contributed by atoms with E-state index >= 15 is 0 Å². The molecule has 8 heteroatoms. The number of piperidine rings is 1. The zero-order valence-electron chi connectivity index (χ0n) is 11.5. The van der Waals surface area contributed by atoms with Gasteiger partial charge in [-0.1, -0.05) is 0 Å². The van der Waals surface area contributed by atoms with Crippen molar-refractivity contribution in [2.24, 2.45) is 0 Å². The molecule has 0 radical (unpaired) electrons. The molecule has 2 rings (SSSR count). The molecule has 1 aromatic rings. The number of benzene rings is 1. The highest BCUT2D eigenvalue weighted by molar-refractivity contribution is 6.01. The zero-order valence-corrected chi connectivity index (χ0v) is 11.5. The van der Waals surface area contributed by atoms with E-state index in [-0.39, 0.29) is 24.3 Å². The highest BCUT2D eigenvalue weighted by atomic mass is 19.1. The van der Waals surface area contributed by atoms with Gasteiger partial charge >= 0.3 is 0 Å². The molecule has 21 heavy (non-hydrogen) atoms. The van der Waals surface area contributed by atoms with Gasteiger partial charge in [-0.25, -0.2) is 4.39 Å². The fraction of sp³-hybridized carbons (Fsp3) is 0.462. The molecule has 1 heterocycles. The Morgan fingerprint density at radius 3 is 2.57 bits per heavy atom. The average molecular weight is 297 g/mol. The Bertz CT molecular complexity index is 593. The van der Waals surface area contributed by atoms with Crippen LogP contribution in [-0.2, 0) is 0 Å². The van der Waals surface area contributed by atoms with Gasteiger partial charge in [0, 0.05) is 13.1 Å². The predicted octanol–water partition coefficient (Wildman–Crippen LogP) is 1.30. The normalized spacial score (nSPS) is 17.6. The second kappa shape index (κ2) is 5.28. The lowest BCUT2D eigenvalue weighted by Gasteiger charge is -2.35. The van der Waals surface area contributed by atoms with Crippen LogP contribution in [0.3, 0.4) is 0 Å². The minimum atomic E-state index is -0.886. The Hall–Kier alpha value is -2.22. The molecule has 1 aliphatic heterocycles. The lowest BCUT2D eigenvalue weighted by Crippen LogP contribution is -2.45. The van der Waals surface area contributed by atoms with E-state index in [4.69, 9.17) is 5.73 Å². The number of rotatable bonds is 2. The minimum Gasteiger partial charge on any atom is -0.393 e. The van der Waals surface area contributed by atoms with Gasteiger partial charge < -0.3 is 15.7 Å². The van der Waals surface area contributed by atoms with Crippen molar-refractivity contribution in [3.8, 4) is 0 Å². The van der Waals surface area contributed by atoms with Gasteiger partial charge in [-0.2, -0.15) is 0 Å². The molecule has 1 aromatic carbocycles. The van der Waals surface area contributed by atoms with Gasteiger partial charge in [0.25, 0.3) is 11.6 Å². The number of halogens is 1. The standard InChI is InChI=1S/C13H16FN3O4/c1-13(19)2-4-16(5-3-13)12(18)9-6-8(14)7-10(11(9)15)17(20)21/h6-7,19H,2-5,15H2,1H3. The topological polar surface area (TPSA) is 110 Å². The Labute approximate surface area is 120 Å². The number of nitro groups is 1. The van der Waals surface area contributed by atoms with Gasteiger partial charge in [-0.15, -0.1) is 0 Å². The largest absolute Gasteiger partial charge is 0.393 e. The van der Waals surface area contributed by atoms with Crippen LogP contribution >= 0.6 is 0 Å². The molecule has 1 aliphatic rings. The van der Waals surface area contributed by atoms with Gasteiger partial charge in [0.2, 0.25) is 0 Å². The van der Waals surface area contributed by atoms with Gasteiger partial charge in [-0.3, -0.25) is 14.9 Å². The molecule has 0 bridgehead atoms. The SMILES string of the molecule is CC1(O)CCN(C(=O)c2cc(F)cc([N+](=O)[O-])c2N)CC1. The first-order chi connectivity index (χ1) is 9.71. The number of likely N-dealkylation sites (tertiary alicyclic amines) is 1. The van der Waals surface area contributed by atoms with Crippen LogP contribution in [0.15, 0.2) is 12.1 Å². The third kappa shape index (κ3) is 3.10. The van der Waals surface area contributed by atoms with Crippen molar-refractivity contribution < 1.29 is 19.2 Å². The van der Waals surface area contributed by atoms with E-state index in [0.29, 0.717) is 18.9 Å². The number of nitrogens with zero attached hydrogens (tertiary/aromatic N) is 2. The van der Waals surface area contributed by atoms with Crippen LogP contribution in [0.5, 0.6) is 0 Å². The number of carbonyl (C=O) groups excluding carboxylic acids is 1. The summed E-state index contributed by atoms with van der Waals surface area (Å²) in [5, 5.41) is 20.7. The Balaban J connectivity index is 2.30. The van der Waals surface area contributed by atoms with Crippen LogP contribution in [0.1, 0.15) is 30.1 Å². The summed E-state index contributed by atoms with van der Waals surface area (Å²) >= 11 is 0. The summed E-state index contributed by atoms with van der Waals surface area (Å²) in [5.74, 6) is -1.45. The quantitative estimate of drug-likeness (QED) is 0.486. The number of nitrogens with two attached hydrogens (primary N) is 1. The lowest BCUT2D eigenvalue weighted by molar-refractivity contribution is -0.384. The lowest BCUT2D eigenvalue weighted by atomic mass is 9.93. The summed E-state index contributed by atoms with van der Waals surface area (Å²) in [5.41, 5.74) is 3.59. The van der Waals surface area contributed by atoms with E-state index < -0.39 is 27.9 Å². The maximum Gasteiger partial charge on any atom is 0.295 e. The first-order valence-electron chi connectivity index (χ1n) is 6.46. The van der Waals surface area contributed by atoms with Crippen molar-refractivity contribution in [3.05, 3.63) is 33.6 Å². The number of nitrogen functional groups attached to an aromatic ring is 1. The van der Waals surface area contributed by atoms with E-state index in [1.807, 2.05) is 0 Å². The molecular formula is C13H16FN3O4. The van der Waals surface area contributed by atoms with Crippen molar-refractivity contribution in [2.75, 3.05) is 18.8 Å². The van der Waals surface area contributed by atoms with Crippen molar-refractivity contribution >= 4 is 17.3 Å². The Morgan fingerprint density at radius 1 is 1.48 bits per heavy atom. The van der Waals surface area contributed by atoms with Crippen LogP contribution in [0.2, 0.25) is 0 Å². The molecule has 0 spiro atoms. The first-order valence-corrected chi connectivity index (χ1v) is 6.46. The van der Waals surface area contributed by atoms with Crippen LogP contribution in [0.4, 0.5) is 15.8 Å². The summed E-state index contributed by atoms with van der Waals surface area (Å²) in [6.07, 6.45) is 0.770. The molecule has 0 atom stereocenters. The molecule has 3 N–H and O–H groups in total. The fourth-order valence-electron chi connectivity index (χ4n) is 2.29. The third-order valence-electron chi connectivity index (χ3n) is 3.68. The monoisotopic (exact) mass is 297 g/mol. The van der Waals surface area contributed by atoms with Crippen LogP contribution in [0, 0.1) is 15.9 Å². The molecule has 0 saturated carbocycles. The van der Waals surface area contributed by atoms with Gasteiger partial charge in [0.1, 0.15) is 11.5 Å². The van der Waals surface area contributed by atoms with Gasteiger partial charge in [0.05, 0.1) is 22.2 Å². The Morgan fingerprint density at radius 2 is 2.05 bits per heavy atom. The van der Waals surface area contributed by atoms with Gasteiger partial charge in [0.15, 0.2) is 0 Å². The number of hydrogen-bond donors (Lipinski definition) is 2. The first kappa shape index (κ1) is 15.2. The molecule has 0 aliphatic carbocycles. The predicted molar refractivity (Wildman–Crippen MR) is 73.2 cm³/mol. The smallest absolute Gasteiger partial charge is 0.295 e. The van der Waals surface area contributed by atoms with Crippen LogP contribution in [0.25, 0.3) is 0 Å². The third-order valence-corrected chi connectivity index (χ3v) is 3.68. The summed E-state index contributed by atoms with van der Waals surface area (Å²) in [6, 6.07) is 1.59. The van der Waals surface area contributed by atoms with E-state index in [1.54, 1.807) is 6.92 Å². The van der Waals surface area contributed by atoms with Crippen molar-refractivity contribution in [1.82, 2.24) is 4.90 Å². The van der Waals surface area contributed by atoms with E-state index in [2.05, 4.69) is 0 Å². The van der Waals surface area contributed by atoms with Crippen molar-refractivity contribution in [1.29, 1.82) is 0 Å². The molecule has 1 saturated heterocycles. The second-order valence-corrected chi connectivity index (χ2v) is 5.43. The minimum absolute atomic E-state index is 0.219. The summed E-state index contributed by atoms with van der Waals surface area (Å²) < 4.78 is 13.4. The van der Waals surface area contributed by atoms with E-state index in [9.17, 15) is 24.4 Å². The molecule has 1 fully saturated rings. The number of amides is 1. The maximum absolute atomic E-state index is 13.4. The summed E-state index contributed by atoms with van der Waals surface area (Å²) in [6.45, 7) is 2.25. The summed E-state index contributed by atoms with van der Waals surface area (Å²) in [4.78, 5) is 23.7. The van der Waals surface area contributed by atoms with Crippen LogP contribution < -0.4 is 5.73 Å². The number of aliphatic hydroxyl groups is 1. The molecule has 1 amide bonds. The molecule has 114 valence electrons. The highest BCUT2D eigenvalue weighted by Crippen LogP contribution is 2.29. The number of anilines is 1. The van der Waals surface area contributed by atoms with Crippen molar-refractivity contribution in [2.45, 2.75) is 25.4 Å². The van der Waals surface area contributed by atoms with E-state index in [0.717, 1.165) is 6.07 Å². The molecule has 0 aromatic heterocycles. The van der Waals surface area contributed by atoms with E-state index in [1.165, 1.54) is 4.90 Å². The molecule has 0 unspecified atom stereocenters. The Kier molecular flexibility index (Phi) is 3.82. The highest BCUT2D eigenvalue weighted by Gasteiger charge is 2.32. The average Bonchev–Trinajstić information content (AvgIpc) is 2.40. The zero-order chi connectivity index (χ0) is 15.8. The number of hydrogen-bond acceptors (Lipinski definition) is 5. The molecule has 7 nitrogen and oxygen atoms in total.